The molecule has 0 saturated heterocycles. The molecule has 1 atom stereocenters. The van der Waals surface area contributed by atoms with Crippen LogP contribution >= 0.6 is 11.3 Å². The maximum atomic E-state index is 13.0. The van der Waals surface area contributed by atoms with E-state index >= 15 is 0 Å². The summed E-state index contributed by atoms with van der Waals surface area (Å²) in [6.07, 6.45) is 1.30. The van der Waals surface area contributed by atoms with Crippen molar-refractivity contribution in [3.05, 3.63) is 52.2 Å². The van der Waals surface area contributed by atoms with Gasteiger partial charge < -0.3 is 20.1 Å². The average molecular weight is 433 g/mol. The van der Waals surface area contributed by atoms with E-state index in [9.17, 15) is 4.79 Å². The van der Waals surface area contributed by atoms with E-state index in [-0.39, 0.29) is 5.91 Å². The van der Waals surface area contributed by atoms with Gasteiger partial charge in [-0.2, -0.15) is 5.10 Å². The molecule has 1 amide bonds. The van der Waals surface area contributed by atoms with Gasteiger partial charge in [-0.15, -0.1) is 11.3 Å². The van der Waals surface area contributed by atoms with E-state index in [0.717, 1.165) is 49.7 Å². The van der Waals surface area contributed by atoms with Crippen molar-refractivity contribution in [2.24, 2.45) is 0 Å². The Hall–Kier alpha value is -3.59. The molecule has 6 rings (SSSR count). The monoisotopic (exact) mass is 433 g/mol. The fraction of sp³-hybridized carbons (Fsp3) is 0.227. The molecule has 8 nitrogen and oxygen atoms in total. The zero-order chi connectivity index (χ0) is 21.1. The van der Waals surface area contributed by atoms with Crippen molar-refractivity contribution in [2.75, 3.05) is 18.5 Å². The largest absolute Gasteiger partial charge is 0.486 e. The number of fused-ring (bicyclic) bond motifs is 4. The van der Waals surface area contributed by atoms with Crippen molar-refractivity contribution in [1.29, 1.82) is 0 Å². The third kappa shape index (κ3) is 2.84. The van der Waals surface area contributed by atoms with Gasteiger partial charge in [0.15, 0.2) is 11.5 Å². The van der Waals surface area contributed by atoms with Gasteiger partial charge in [0.2, 0.25) is 0 Å². The predicted molar refractivity (Wildman–Crippen MR) is 118 cm³/mol. The van der Waals surface area contributed by atoms with Crippen LogP contribution in [0.3, 0.4) is 0 Å². The van der Waals surface area contributed by atoms with Gasteiger partial charge in [0.05, 0.1) is 17.6 Å². The molecule has 156 valence electrons. The van der Waals surface area contributed by atoms with Crippen LogP contribution in [0.4, 0.5) is 5.69 Å². The van der Waals surface area contributed by atoms with Crippen LogP contribution in [0.2, 0.25) is 0 Å². The number of aromatic amines is 1. The Bertz CT molecular complexity index is 1360. The molecule has 5 heterocycles. The summed E-state index contributed by atoms with van der Waals surface area (Å²) in [7, 11) is 0. The fourth-order valence-electron chi connectivity index (χ4n) is 4.22. The van der Waals surface area contributed by atoms with Gasteiger partial charge in [0.1, 0.15) is 29.1 Å². The van der Waals surface area contributed by atoms with Crippen LogP contribution in [0.5, 0.6) is 11.5 Å². The number of ether oxygens (including phenoxy) is 2. The van der Waals surface area contributed by atoms with Gasteiger partial charge in [-0.25, -0.2) is 4.98 Å². The lowest BCUT2D eigenvalue weighted by Crippen LogP contribution is -2.37. The molecule has 0 radical (unpaired) electrons. The molecule has 3 aromatic heterocycles. The number of benzene rings is 1. The summed E-state index contributed by atoms with van der Waals surface area (Å²) in [5, 5.41) is 14.9. The summed E-state index contributed by atoms with van der Waals surface area (Å²) in [6.45, 7) is 5.08. The van der Waals surface area contributed by atoms with Gasteiger partial charge in [0, 0.05) is 22.2 Å². The number of hydrogen-bond donors (Lipinski definition) is 3. The summed E-state index contributed by atoms with van der Waals surface area (Å²) in [5.74, 6) is 1.31. The van der Waals surface area contributed by atoms with Crippen molar-refractivity contribution in [2.45, 2.75) is 20.0 Å². The molecular formula is C22H19N5O3S. The van der Waals surface area contributed by atoms with E-state index in [1.165, 1.54) is 11.3 Å². The minimum absolute atomic E-state index is 0.117. The number of aromatic nitrogens is 3. The lowest BCUT2D eigenvalue weighted by molar-refractivity contribution is 0.0940. The second kappa shape index (κ2) is 6.71. The maximum Gasteiger partial charge on any atom is 0.265 e. The van der Waals surface area contributed by atoms with E-state index in [1.807, 2.05) is 38.1 Å². The Balaban J connectivity index is 1.42. The highest BCUT2D eigenvalue weighted by Crippen LogP contribution is 2.42. The quantitative estimate of drug-likeness (QED) is 0.443. The summed E-state index contributed by atoms with van der Waals surface area (Å²) in [6, 6.07) is 7.82. The Kier molecular flexibility index (Phi) is 3.94. The van der Waals surface area contributed by atoms with Gasteiger partial charge in [-0.05, 0) is 43.7 Å². The second-order valence-electron chi connectivity index (χ2n) is 7.68. The third-order valence-electron chi connectivity index (χ3n) is 5.57. The zero-order valence-electron chi connectivity index (χ0n) is 16.9. The van der Waals surface area contributed by atoms with Gasteiger partial charge in [0.25, 0.3) is 5.91 Å². The number of carbonyl (C=O) groups is 1. The van der Waals surface area contributed by atoms with Crippen LogP contribution in [-0.4, -0.2) is 34.3 Å². The van der Waals surface area contributed by atoms with Gasteiger partial charge >= 0.3 is 0 Å². The van der Waals surface area contributed by atoms with E-state index in [2.05, 4.69) is 25.8 Å². The van der Waals surface area contributed by atoms with E-state index < -0.39 is 6.17 Å². The molecule has 0 aliphatic carbocycles. The lowest BCUT2D eigenvalue weighted by Gasteiger charge is -2.26. The fourth-order valence-corrected chi connectivity index (χ4v) is 5.38. The van der Waals surface area contributed by atoms with E-state index in [4.69, 9.17) is 9.47 Å². The normalized spacial score (nSPS) is 17.2. The molecular weight excluding hydrogens is 414 g/mol. The molecule has 0 fully saturated rings. The number of nitrogens with one attached hydrogen (secondary N) is 3. The number of thiophene rings is 1. The van der Waals surface area contributed by atoms with E-state index in [1.54, 1.807) is 6.20 Å². The number of rotatable bonds is 2. The topological polar surface area (TPSA) is 101 Å². The van der Waals surface area contributed by atoms with Crippen LogP contribution in [0, 0.1) is 13.8 Å². The number of anilines is 1. The first kappa shape index (κ1) is 18.2. The van der Waals surface area contributed by atoms with Crippen LogP contribution in [0.1, 0.15) is 32.7 Å². The zero-order valence-corrected chi connectivity index (χ0v) is 17.7. The minimum Gasteiger partial charge on any atom is -0.486 e. The SMILES string of the molecule is Cc1cc(C)c2c3c(sc2n1)C(=O)NC(c1cn[nH]c1-c1ccc2c(c1)OCCO2)N3. The number of amides is 1. The minimum atomic E-state index is -0.430. The molecule has 1 unspecified atom stereocenters. The number of aryl methyl sites for hydroxylation is 2. The lowest BCUT2D eigenvalue weighted by atomic mass is 10.0. The molecule has 0 bridgehead atoms. The summed E-state index contributed by atoms with van der Waals surface area (Å²) < 4.78 is 11.3. The summed E-state index contributed by atoms with van der Waals surface area (Å²) in [5.41, 5.74) is 5.42. The molecule has 0 spiro atoms. The van der Waals surface area contributed by atoms with Crippen molar-refractivity contribution in [1.82, 2.24) is 20.5 Å². The first-order valence-electron chi connectivity index (χ1n) is 10.00. The molecule has 9 heteroatoms. The Labute approximate surface area is 181 Å². The Morgan fingerprint density at radius 2 is 1.94 bits per heavy atom. The molecule has 2 aliphatic heterocycles. The molecule has 3 N–H and O–H groups in total. The van der Waals surface area contributed by atoms with Gasteiger partial charge in [-0.1, -0.05) is 0 Å². The number of nitrogens with zero attached hydrogens (tertiary/aromatic N) is 2. The highest BCUT2D eigenvalue weighted by molar-refractivity contribution is 7.21. The number of hydrogen-bond acceptors (Lipinski definition) is 7. The average Bonchev–Trinajstić information content (AvgIpc) is 3.38. The Morgan fingerprint density at radius 3 is 2.81 bits per heavy atom. The maximum absolute atomic E-state index is 13.0. The molecule has 0 saturated carbocycles. The van der Waals surface area contributed by atoms with E-state index in [0.29, 0.717) is 23.8 Å². The van der Waals surface area contributed by atoms with Gasteiger partial charge in [-0.3, -0.25) is 9.89 Å². The second-order valence-corrected chi connectivity index (χ2v) is 8.68. The van der Waals surface area contributed by atoms with Crippen LogP contribution in [0.25, 0.3) is 21.5 Å². The first-order valence-corrected chi connectivity index (χ1v) is 10.8. The highest BCUT2D eigenvalue weighted by Gasteiger charge is 2.32. The van der Waals surface area contributed by atoms with Crippen LogP contribution < -0.4 is 20.1 Å². The highest BCUT2D eigenvalue weighted by atomic mass is 32.1. The number of pyridine rings is 1. The van der Waals surface area contributed by atoms with Crippen molar-refractivity contribution in [3.8, 4) is 22.8 Å². The summed E-state index contributed by atoms with van der Waals surface area (Å²) in [4.78, 5) is 19.1. The van der Waals surface area contributed by atoms with Crippen LogP contribution in [0.15, 0.2) is 30.5 Å². The number of carbonyl (C=O) groups excluding carboxylic acids is 1. The van der Waals surface area contributed by atoms with Crippen molar-refractivity contribution < 1.29 is 14.3 Å². The molecule has 2 aliphatic rings. The third-order valence-corrected chi connectivity index (χ3v) is 6.65. The predicted octanol–water partition coefficient (Wildman–Crippen LogP) is 3.93. The van der Waals surface area contributed by atoms with Crippen LogP contribution in [-0.2, 0) is 0 Å². The molecule has 4 aromatic rings. The number of H-pyrrole nitrogens is 1. The summed E-state index contributed by atoms with van der Waals surface area (Å²) >= 11 is 1.41. The van der Waals surface area contributed by atoms with Crippen molar-refractivity contribution >= 4 is 33.1 Å². The smallest absolute Gasteiger partial charge is 0.265 e. The Morgan fingerprint density at radius 1 is 1.10 bits per heavy atom. The first-order chi connectivity index (χ1) is 15.1. The molecule has 1 aromatic carbocycles. The standard InChI is InChI=1S/C22H19N5O3S/c1-10-7-11(2)24-22-16(10)18-19(31-22)21(28)26-20(25-18)13-9-23-27-17(13)12-3-4-14-15(8-12)30-6-5-29-14/h3-4,7-9,20,25H,5-6H2,1-2H3,(H,23,27)(H,26,28). The van der Waals surface area contributed by atoms with Crippen molar-refractivity contribution in [3.63, 3.8) is 0 Å². The molecule has 31 heavy (non-hydrogen) atoms.